The molecular formula is C20H18F3N4O5-. The van der Waals surface area contributed by atoms with E-state index >= 15 is 0 Å². The fraction of sp³-hybridized carbons (Fsp3) is 0.300. The molecule has 2 atom stereocenters. The van der Waals surface area contributed by atoms with Gasteiger partial charge in [0, 0.05) is 18.7 Å². The predicted octanol–water partition coefficient (Wildman–Crippen LogP) is 3.64. The highest BCUT2D eigenvalue weighted by atomic mass is 19.4. The Balaban J connectivity index is 1.48. The number of hydrogen-bond donors (Lipinski definition) is 2. The number of β-amino-alcohol motifs (C(OH)–C–C–N with tert-alkyl or cyclic N) is 1. The fourth-order valence-corrected chi connectivity index (χ4v) is 3.57. The van der Waals surface area contributed by atoms with E-state index in [1.54, 1.807) is 12.1 Å². The second-order valence-corrected chi connectivity index (χ2v) is 7.30. The van der Waals surface area contributed by atoms with Gasteiger partial charge >= 0.3 is 6.36 Å². The van der Waals surface area contributed by atoms with Crippen LogP contribution in [0.1, 0.15) is 23.9 Å². The number of aromatic nitrogens is 2. The summed E-state index contributed by atoms with van der Waals surface area (Å²) in [6, 6.07) is 11.0. The number of aliphatic hydroxyl groups excluding tert-OH is 1. The van der Waals surface area contributed by atoms with Gasteiger partial charge in [-0.2, -0.15) is 4.98 Å². The average Bonchev–Trinajstić information content (AvgIpc) is 3.34. The van der Waals surface area contributed by atoms with E-state index in [-0.39, 0.29) is 34.4 Å². The molecule has 0 bridgehead atoms. The lowest BCUT2D eigenvalue weighted by molar-refractivity contribution is -0.274. The van der Waals surface area contributed by atoms with Crippen molar-refractivity contribution in [2.75, 3.05) is 11.8 Å². The largest absolute Gasteiger partial charge is 0.733 e. The summed E-state index contributed by atoms with van der Waals surface area (Å²) in [5, 5.41) is 33.7. The van der Waals surface area contributed by atoms with E-state index in [2.05, 4.69) is 14.9 Å². The van der Waals surface area contributed by atoms with Gasteiger partial charge in [0.05, 0.1) is 17.8 Å². The van der Waals surface area contributed by atoms with Gasteiger partial charge in [-0.15, -0.1) is 13.2 Å². The highest BCUT2D eigenvalue weighted by molar-refractivity contribution is 5.55. The van der Waals surface area contributed by atoms with Crippen molar-refractivity contribution in [3.05, 3.63) is 65.2 Å². The maximum absolute atomic E-state index is 12.3. The molecule has 1 fully saturated rings. The van der Waals surface area contributed by atoms with Gasteiger partial charge in [0.1, 0.15) is 5.75 Å². The number of rotatable bonds is 6. The molecule has 1 aliphatic heterocycles. The molecule has 1 aliphatic rings. The van der Waals surface area contributed by atoms with Crippen LogP contribution < -0.4 is 9.96 Å². The number of hydrogen-bond acceptors (Lipinski definition) is 9. The third kappa shape index (κ3) is 5.16. The van der Waals surface area contributed by atoms with Gasteiger partial charge in [0.15, 0.2) is 0 Å². The smallest absolute Gasteiger partial charge is 0.573 e. The van der Waals surface area contributed by atoms with Crippen molar-refractivity contribution < 1.29 is 32.7 Å². The zero-order chi connectivity index (χ0) is 22.9. The zero-order valence-corrected chi connectivity index (χ0v) is 16.4. The quantitative estimate of drug-likeness (QED) is 0.542. The SMILES string of the molecule is [O-]N(O)c1ccc(CN2C[C@H](O)C[C@H]2c2nc(-c3ccc(OC(F)(F)F)cc3)no2)cc1. The van der Waals surface area contributed by atoms with Gasteiger partial charge in [-0.1, -0.05) is 17.3 Å². The Labute approximate surface area is 179 Å². The molecule has 0 aliphatic carbocycles. The monoisotopic (exact) mass is 451 g/mol. The van der Waals surface area contributed by atoms with Crippen LogP contribution in [0.15, 0.2) is 53.1 Å². The molecule has 0 amide bonds. The first kappa shape index (κ1) is 22.0. The number of benzene rings is 2. The highest BCUT2D eigenvalue weighted by Crippen LogP contribution is 2.34. The first-order valence-corrected chi connectivity index (χ1v) is 9.55. The molecule has 4 rings (SSSR count). The molecule has 0 saturated carbocycles. The van der Waals surface area contributed by atoms with Gasteiger partial charge in [0.25, 0.3) is 0 Å². The fourth-order valence-electron chi connectivity index (χ4n) is 3.57. The molecule has 0 unspecified atom stereocenters. The van der Waals surface area contributed by atoms with Crippen LogP contribution in [0.2, 0.25) is 0 Å². The van der Waals surface area contributed by atoms with E-state index in [1.165, 1.54) is 24.3 Å². The summed E-state index contributed by atoms with van der Waals surface area (Å²) in [6.07, 6.45) is -5.02. The molecule has 3 aromatic rings. The molecule has 0 spiro atoms. The van der Waals surface area contributed by atoms with Crippen LogP contribution >= 0.6 is 0 Å². The van der Waals surface area contributed by atoms with Gasteiger partial charge < -0.3 is 24.8 Å². The summed E-state index contributed by atoms with van der Waals surface area (Å²) in [5.41, 5.74) is 1.39. The molecule has 12 heteroatoms. The molecule has 9 nitrogen and oxygen atoms in total. The lowest BCUT2D eigenvalue weighted by Gasteiger charge is -2.23. The number of likely N-dealkylation sites (tertiary alicyclic amines) is 1. The van der Waals surface area contributed by atoms with E-state index in [9.17, 15) is 23.5 Å². The van der Waals surface area contributed by atoms with Crippen molar-refractivity contribution in [1.29, 1.82) is 0 Å². The van der Waals surface area contributed by atoms with Crippen molar-refractivity contribution in [3.8, 4) is 17.1 Å². The summed E-state index contributed by atoms with van der Waals surface area (Å²) in [6.45, 7) is 0.786. The summed E-state index contributed by atoms with van der Waals surface area (Å²) in [5.74, 6) is 0.106. The molecular weight excluding hydrogens is 433 g/mol. The summed E-state index contributed by atoms with van der Waals surface area (Å²) in [4.78, 5) is 6.29. The number of aliphatic hydroxyl groups is 1. The summed E-state index contributed by atoms with van der Waals surface area (Å²) < 4.78 is 46.1. The van der Waals surface area contributed by atoms with Gasteiger partial charge in [-0.05, 0) is 48.4 Å². The molecule has 2 heterocycles. The minimum atomic E-state index is -4.78. The van der Waals surface area contributed by atoms with Crippen molar-refractivity contribution in [1.82, 2.24) is 15.0 Å². The Kier molecular flexibility index (Phi) is 6.02. The van der Waals surface area contributed by atoms with E-state index in [0.717, 1.165) is 17.7 Å². The Morgan fingerprint density at radius 3 is 2.47 bits per heavy atom. The zero-order valence-electron chi connectivity index (χ0n) is 16.4. The van der Waals surface area contributed by atoms with E-state index in [0.29, 0.717) is 25.1 Å². The third-order valence-electron chi connectivity index (χ3n) is 5.00. The van der Waals surface area contributed by atoms with Gasteiger partial charge in [0.2, 0.25) is 11.7 Å². The van der Waals surface area contributed by atoms with E-state index in [4.69, 9.17) is 9.73 Å². The minimum absolute atomic E-state index is 0.0972. The molecule has 170 valence electrons. The number of halogens is 3. The molecule has 2 N–H and O–H groups in total. The topological polar surface area (TPSA) is 118 Å². The average molecular weight is 451 g/mol. The summed E-state index contributed by atoms with van der Waals surface area (Å²) in [7, 11) is 0. The lowest BCUT2D eigenvalue weighted by atomic mass is 10.1. The lowest BCUT2D eigenvalue weighted by Crippen LogP contribution is -2.24. The van der Waals surface area contributed by atoms with E-state index in [1.807, 2.05) is 4.90 Å². The Morgan fingerprint density at radius 1 is 1.16 bits per heavy atom. The molecule has 1 saturated heterocycles. The first-order chi connectivity index (χ1) is 15.2. The van der Waals surface area contributed by atoms with E-state index < -0.39 is 12.5 Å². The Hall–Kier alpha value is -3.19. The molecule has 32 heavy (non-hydrogen) atoms. The minimum Gasteiger partial charge on any atom is -0.733 e. The van der Waals surface area contributed by atoms with Crippen LogP contribution in [0.4, 0.5) is 18.9 Å². The predicted molar refractivity (Wildman–Crippen MR) is 104 cm³/mol. The van der Waals surface area contributed by atoms with Gasteiger partial charge in [-0.25, -0.2) is 0 Å². The normalized spacial score (nSPS) is 19.3. The second-order valence-electron chi connectivity index (χ2n) is 7.30. The standard InChI is InChI=1S/C20H18F3N4O5/c21-20(22,23)31-16-7-3-13(4-8-16)18-24-19(32-25-18)17-9-15(28)11-26(17)10-12-1-5-14(6-2-12)27(29)30/h1-8,15,17,28-29H,9-11H2/q-1/t15-,17+/m1/s1. The van der Waals surface area contributed by atoms with Crippen molar-refractivity contribution in [2.45, 2.75) is 31.5 Å². The molecule has 2 aromatic carbocycles. The number of alkyl halides is 3. The highest BCUT2D eigenvalue weighted by Gasteiger charge is 2.36. The van der Waals surface area contributed by atoms with Crippen molar-refractivity contribution in [3.63, 3.8) is 0 Å². The van der Waals surface area contributed by atoms with Crippen LogP contribution in [-0.2, 0) is 6.54 Å². The van der Waals surface area contributed by atoms with Crippen LogP contribution in [0.5, 0.6) is 5.75 Å². The number of ether oxygens (including phenoxy) is 1. The number of nitrogens with zero attached hydrogens (tertiary/aromatic N) is 4. The molecule has 0 radical (unpaired) electrons. The van der Waals surface area contributed by atoms with Gasteiger partial charge in [-0.3, -0.25) is 10.1 Å². The second kappa shape index (κ2) is 8.74. The third-order valence-corrected chi connectivity index (χ3v) is 5.00. The Bertz CT molecular complexity index is 1040. The summed E-state index contributed by atoms with van der Waals surface area (Å²) >= 11 is 0. The Morgan fingerprint density at radius 2 is 1.84 bits per heavy atom. The van der Waals surface area contributed by atoms with Crippen LogP contribution in [0, 0.1) is 5.21 Å². The van der Waals surface area contributed by atoms with Crippen LogP contribution in [0.25, 0.3) is 11.4 Å². The first-order valence-electron chi connectivity index (χ1n) is 9.55. The maximum Gasteiger partial charge on any atom is 0.573 e. The maximum atomic E-state index is 12.3. The molecule has 1 aromatic heterocycles. The van der Waals surface area contributed by atoms with Crippen LogP contribution in [0.3, 0.4) is 0 Å². The van der Waals surface area contributed by atoms with Crippen molar-refractivity contribution >= 4 is 5.69 Å². The number of anilines is 1. The van der Waals surface area contributed by atoms with Crippen molar-refractivity contribution in [2.24, 2.45) is 0 Å². The van der Waals surface area contributed by atoms with Crippen LogP contribution in [-0.4, -0.2) is 44.4 Å².